The number of carbonyl (C=O) groups excluding carboxylic acids is 1. The third-order valence-corrected chi connectivity index (χ3v) is 5.60. The Kier molecular flexibility index (Phi) is 4.24. The zero-order chi connectivity index (χ0) is 17.4. The summed E-state index contributed by atoms with van der Waals surface area (Å²) in [5.41, 5.74) is 1.37. The fourth-order valence-electron chi connectivity index (χ4n) is 4.34. The number of ketones is 1. The average molecular weight is 340 g/mol. The van der Waals surface area contributed by atoms with Gasteiger partial charge in [0.25, 0.3) is 0 Å². The summed E-state index contributed by atoms with van der Waals surface area (Å²) in [7, 11) is 1.63. The number of hydrogen-bond acceptors (Lipinski definition) is 5. The van der Waals surface area contributed by atoms with Crippen molar-refractivity contribution in [2.75, 3.05) is 7.11 Å². The molecule has 1 aromatic rings. The van der Waals surface area contributed by atoms with Gasteiger partial charge >= 0.3 is 0 Å². The molecule has 0 aromatic heterocycles. The van der Waals surface area contributed by atoms with Gasteiger partial charge in [-0.25, -0.2) is 0 Å². The summed E-state index contributed by atoms with van der Waals surface area (Å²) in [5.74, 6) is 1.43. The summed E-state index contributed by atoms with van der Waals surface area (Å²) in [6.07, 6.45) is 5.35. The lowest BCUT2D eigenvalue weighted by Gasteiger charge is -2.26. The SMILES string of the molecule is COc1ccccc1C1CC(=O)C(C2=N[C@H]3CCCC[C@H]3N2)=C(O)C1. The van der Waals surface area contributed by atoms with Crippen molar-refractivity contribution in [1.82, 2.24) is 5.32 Å². The van der Waals surface area contributed by atoms with E-state index in [2.05, 4.69) is 5.32 Å². The number of benzene rings is 1. The topological polar surface area (TPSA) is 70.9 Å². The van der Waals surface area contributed by atoms with Crippen LogP contribution in [0.25, 0.3) is 0 Å². The zero-order valence-electron chi connectivity index (χ0n) is 14.5. The van der Waals surface area contributed by atoms with Crippen molar-refractivity contribution in [2.24, 2.45) is 4.99 Å². The number of rotatable bonds is 3. The summed E-state index contributed by atoms with van der Waals surface area (Å²) in [4.78, 5) is 17.5. The van der Waals surface area contributed by atoms with Crippen LogP contribution >= 0.6 is 0 Å². The van der Waals surface area contributed by atoms with Crippen molar-refractivity contribution in [3.05, 3.63) is 41.2 Å². The van der Waals surface area contributed by atoms with E-state index in [0.29, 0.717) is 30.3 Å². The highest BCUT2D eigenvalue weighted by molar-refractivity contribution is 6.23. The number of amidine groups is 1. The largest absolute Gasteiger partial charge is 0.511 e. The lowest BCUT2D eigenvalue weighted by molar-refractivity contribution is -0.116. The molecule has 3 atom stereocenters. The molecule has 1 fully saturated rings. The zero-order valence-corrected chi connectivity index (χ0v) is 14.5. The number of hydrogen-bond donors (Lipinski definition) is 2. The Bertz CT molecular complexity index is 753. The summed E-state index contributed by atoms with van der Waals surface area (Å²) >= 11 is 0. The first-order valence-corrected chi connectivity index (χ1v) is 9.10. The van der Waals surface area contributed by atoms with Crippen molar-refractivity contribution in [3.63, 3.8) is 0 Å². The van der Waals surface area contributed by atoms with Crippen molar-refractivity contribution in [1.29, 1.82) is 0 Å². The molecule has 3 aliphatic rings. The van der Waals surface area contributed by atoms with E-state index in [-0.39, 0.29) is 23.5 Å². The summed E-state index contributed by atoms with van der Waals surface area (Å²) < 4.78 is 5.41. The van der Waals surface area contributed by atoms with E-state index in [1.165, 1.54) is 12.8 Å². The smallest absolute Gasteiger partial charge is 0.170 e. The van der Waals surface area contributed by atoms with Crippen LogP contribution in [0.15, 0.2) is 40.6 Å². The minimum Gasteiger partial charge on any atom is -0.511 e. The predicted octanol–water partition coefficient (Wildman–Crippen LogP) is 3.27. The number of nitrogens with one attached hydrogen (secondary N) is 1. The number of carbonyl (C=O) groups is 1. The molecular weight excluding hydrogens is 316 g/mol. The number of aliphatic imine (C=N–C) groups is 1. The van der Waals surface area contributed by atoms with Crippen LogP contribution in [0.3, 0.4) is 0 Å². The van der Waals surface area contributed by atoms with Gasteiger partial charge in [0.05, 0.1) is 18.7 Å². The van der Waals surface area contributed by atoms with Crippen LogP contribution in [0.2, 0.25) is 0 Å². The molecule has 2 N–H and O–H groups in total. The molecule has 4 rings (SSSR count). The van der Waals surface area contributed by atoms with Gasteiger partial charge in [-0.15, -0.1) is 0 Å². The van der Waals surface area contributed by atoms with Gasteiger partial charge in [-0.2, -0.15) is 0 Å². The molecule has 1 aromatic carbocycles. The predicted molar refractivity (Wildman–Crippen MR) is 96.2 cm³/mol. The Morgan fingerprint density at radius 2 is 2.00 bits per heavy atom. The van der Waals surface area contributed by atoms with Gasteiger partial charge in [0, 0.05) is 24.8 Å². The molecule has 132 valence electrons. The van der Waals surface area contributed by atoms with Gasteiger partial charge in [0.2, 0.25) is 0 Å². The average Bonchev–Trinajstić information content (AvgIpc) is 3.04. The molecule has 0 amide bonds. The van der Waals surface area contributed by atoms with Gasteiger partial charge in [-0.3, -0.25) is 9.79 Å². The lowest BCUT2D eigenvalue weighted by atomic mass is 9.82. The number of Topliss-reactive ketones (excluding diaryl/α,β-unsaturated/α-hetero) is 1. The first-order valence-electron chi connectivity index (χ1n) is 9.10. The molecule has 2 aliphatic carbocycles. The summed E-state index contributed by atoms with van der Waals surface area (Å²) in [6.45, 7) is 0. The van der Waals surface area contributed by atoms with E-state index in [4.69, 9.17) is 9.73 Å². The van der Waals surface area contributed by atoms with Gasteiger partial charge in [-0.05, 0) is 24.5 Å². The van der Waals surface area contributed by atoms with Crippen LogP contribution in [-0.2, 0) is 4.79 Å². The number of aliphatic hydroxyl groups is 1. The van der Waals surface area contributed by atoms with Gasteiger partial charge in [0.15, 0.2) is 5.78 Å². The maximum atomic E-state index is 12.8. The van der Waals surface area contributed by atoms with Crippen molar-refractivity contribution in [2.45, 2.75) is 56.5 Å². The maximum Gasteiger partial charge on any atom is 0.170 e. The molecule has 0 spiro atoms. The highest BCUT2D eigenvalue weighted by Crippen LogP contribution is 2.38. The third kappa shape index (κ3) is 2.92. The van der Waals surface area contributed by atoms with E-state index in [1.54, 1.807) is 7.11 Å². The molecule has 25 heavy (non-hydrogen) atoms. The van der Waals surface area contributed by atoms with Gasteiger partial charge in [0.1, 0.15) is 17.3 Å². The van der Waals surface area contributed by atoms with Crippen LogP contribution in [0.4, 0.5) is 0 Å². The minimum atomic E-state index is -0.0586. The Labute approximate surface area is 147 Å². The molecule has 1 heterocycles. The number of allylic oxidation sites excluding steroid dienone is 1. The highest BCUT2D eigenvalue weighted by Gasteiger charge is 2.38. The van der Waals surface area contributed by atoms with Crippen LogP contribution in [0, 0.1) is 0 Å². The second-order valence-corrected chi connectivity index (χ2v) is 7.17. The molecule has 0 radical (unpaired) electrons. The third-order valence-electron chi connectivity index (χ3n) is 5.60. The Hall–Kier alpha value is -2.30. The second-order valence-electron chi connectivity index (χ2n) is 7.17. The Morgan fingerprint density at radius 3 is 2.76 bits per heavy atom. The quantitative estimate of drug-likeness (QED) is 0.886. The van der Waals surface area contributed by atoms with Crippen LogP contribution in [0.1, 0.15) is 50.0 Å². The molecule has 0 bridgehead atoms. The van der Waals surface area contributed by atoms with Crippen LogP contribution in [0.5, 0.6) is 5.75 Å². The molecule has 1 aliphatic heterocycles. The summed E-state index contributed by atoms with van der Waals surface area (Å²) in [6, 6.07) is 8.28. The molecular formula is C20H24N2O3. The van der Waals surface area contributed by atoms with Crippen molar-refractivity contribution < 1.29 is 14.6 Å². The number of aliphatic hydroxyl groups excluding tert-OH is 1. The molecule has 1 unspecified atom stereocenters. The van der Waals surface area contributed by atoms with Gasteiger partial charge in [-0.1, -0.05) is 31.0 Å². The number of nitrogens with zero attached hydrogens (tertiary/aromatic N) is 1. The Balaban J connectivity index is 1.60. The molecule has 5 heteroatoms. The van der Waals surface area contributed by atoms with Crippen molar-refractivity contribution in [3.8, 4) is 5.75 Å². The highest BCUT2D eigenvalue weighted by atomic mass is 16.5. The van der Waals surface area contributed by atoms with E-state index >= 15 is 0 Å². The summed E-state index contributed by atoms with van der Waals surface area (Å²) in [5, 5.41) is 14.0. The number of fused-ring (bicyclic) bond motifs is 1. The van der Waals surface area contributed by atoms with E-state index < -0.39 is 0 Å². The van der Waals surface area contributed by atoms with E-state index in [1.807, 2.05) is 24.3 Å². The number of methoxy groups -OCH3 is 1. The fourth-order valence-corrected chi connectivity index (χ4v) is 4.34. The van der Waals surface area contributed by atoms with Crippen LogP contribution < -0.4 is 10.1 Å². The Morgan fingerprint density at radius 1 is 1.20 bits per heavy atom. The fraction of sp³-hybridized carbons (Fsp3) is 0.500. The molecule has 1 saturated carbocycles. The normalized spacial score (nSPS) is 29.1. The van der Waals surface area contributed by atoms with Crippen molar-refractivity contribution >= 4 is 11.6 Å². The lowest BCUT2D eigenvalue weighted by Crippen LogP contribution is -2.39. The maximum absolute atomic E-state index is 12.8. The molecule has 5 nitrogen and oxygen atoms in total. The monoisotopic (exact) mass is 340 g/mol. The first kappa shape index (κ1) is 16.2. The molecule has 0 saturated heterocycles. The van der Waals surface area contributed by atoms with Gasteiger partial charge < -0.3 is 15.2 Å². The van der Waals surface area contributed by atoms with Crippen LogP contribution in [-0.4, -0.2) is 35.9 Å². The van der Waals surface area contributed by atoms with E-state index in [0.717, 1.165) is 24.2 Å². The second kappa shape index (κ2) is 6.54. The number of para-hydroxylation sites is 1. The standard InChI is InChI=1S/C20H24N2O3/c1-25-18-9-5-2-6-13(18)12-10-16(23)19(17(24)11-12)20-21-14-7-3-4-8-15(14)22-20/h2,5-6,9,12,14-15,23H,3-4,7-8,10-11H2,1H3,(H,21,22)/t12?,14-,15+. The minimum absolute atomic E-state index is 0.0375. The number of ether oxygens (including phenoxy) is 1. The van der Waals surface area contributed by atoms with E-state index in [9.17, 15) is 9.90 Å². The first-order chi connectivity index (χ1) is 12.2.